The molecule has 0 spiro atoms. The molecule has 0 aliphatic heterocycles. The van der Waals surface area contributed by atoms with Crippen molar-refractivity contribution in [2.24, 2.45) is 0 Å². The number of hydrogen-bond donors (Lipinski definition) is 1. The van der Waals surface area contributed by atoms with E-state index in [-0.39, 0.29) is 27.3 Å². The predicted octanol–water partition coefficient (Wildman–Crippen LogP) is 6.80. The first-order valence-electron chi connectivity index (χ1n) is 9.74. The zero-order chi connectivity index (χ0) is 24.5. The third kappa shape index (κ3) is 5.03. The van der Waals surface area contributed by atoms with Gasteiger partial charge in [-0.1, -0.05) is 41.4 Å². The number of carbonyl (C=O) groups is 1. The predicted molar refractivity (Wildman–Crippen MR) is 124 cm³/mol. The third-order valence-electron chi connectivity index (χ3n) is 4.76. The molecule has 1 heterocycles. The van der Waals surface area contributed by atoms with Gasteiger partial charge in [-0.2, -0.15) is 13.2 Å². The smallest absolute Gasteiger partial charge is 0.450 e. The highest BCUT2D eigenvalue weighted by Gasteiger charge is 2.39. The summed E-state index contributed by atoms with van der Waals surface area (Å²) in [5, 5.41) is 2.97. The van der Waals surface area contributed by atoms with E-state index < -0.39 is 35.4 Å². The first-order chi connectivity index (χ1) is 16.1. The normalized spacial score (nSPS) is 11.4. The van der Waals surface area contributed by atoms with E-state index in [2.05, 4.69) is 5.32 Å². The van der Waals surface area contributed by atoms with Crippen LogP contribution in [-0.2, 0) is 11.0 Å². The highest BCUT2D eigenvalue weighted by Crippen LogP contribution is 2.39. The molecular weight excluding hydrogens is 494 g/mol. The van der Waals surface area contributed by atoms with Gasteiger partial charge < -0.3 is 14.5 Å². The first-order valence-corrected chi connectivity index (χ1v) is 10.5. The molecular formula is C24H14Cl2F3NO4. The lowest BCUT2D eigenvalue weighted by molar-refractivity contribution is -0.152. The Balaban J connectivity index is 1.65. The van der Waals surface area contributed by atoms with E-state index in [0.717, 1.165) is 6.07 Å². The Morgan fingerprint density at radius 2 is 1.71 bits per heavy atom. The number of alkyl halides is 3. The molecule has 5 nitrogen and oxygen atoms in total. The van der Waals surface area contributed by atoms with Crippen LogP contribution in [-0.4, -0.2) is 12.5 Å². The van der Waals surface area contributed by atoms with Gasteiger partial charge >= 0.3 is 6.18 Å². The largest absolute Gasteiger partial charge is 0.484 e. The summed E-state index contributed by atoms with van der Waals surface area (Å²) in [6, 6.07) is 15.8. The summed E-state index contributed by atoms with van der Waals surface area (Å²) in [6.45, 7) is -0.428. The van der Waals surface area contributed by atoms with Gasteiger partial charge in [0, 0.05) is 27.4 Å². The summed E-state index contributed by atoms with van der Waals surface area (Å²) in [5.41, 5.74) is -1.52. The lowest BCUT2D eigenvalue weighted by atomic mass is 10.0. The number of halogens is 5. The summed E-state index contributed by atoms with van der Waals surface area (Å²) >= 11 is 11.8. The molecule has 10 heteroatoms. The summed E-state index contributed by atoms with van der Waals surface area (Å²) in [6.07, 6.45) is -4.96. The summed E-state index contributed by atoms with van der Waals surface area (Å²) in [4.78, 5) is 25.1. The Kier molecular flexibility index (Phi) is 6.54. The third-order valence-corrected chi connectivity index (χ3v) is 5.34. The highest BCUT2D eigenvalue weighted by molar-refractivity contribution is 6.33. The van der Waals surface area contributed by atoms with Crippen molar-refractivity contribution in [2.45, 2.75) is 6.18 Å². The van der Waals surface area contributed by atoms with Crippen molar-refractivity contribution in [3.8, 4) is 16.9 Å². The minimum absolute atomic E-state index is 0.0219. The molecule has 0 saturated carbocycles. The Morgan fingerprint density at radius 1 is 1.00 bits per heavy atom. The SMILES string of the molecule is O=C(COc1ccc2c(=O)c(-c3ccccc3Cl)c(C(F)(F)F)oc2c1)Nc1ccc(Cl)cc1. The van der Waals surface area contributed by atoms with Crippen LogP contribution in [0.25, 0.3) is 22.1 Å². The second-order valence-electron chi connectivity index (χ2n) is 7.11. The number of hydrogen-bond acceptors (Lipinski definition) is 4. The van der Waals surface area contributed by atoms with Crippen LogP contribution in [0.2, 0.25) is 10.0 Å². The van der Waals surface area contributed by atoms with Crippen molar-refractivity contribution in [1.29, 1.82) is 0 Å². The lowest BCUT2D eigenvalue weighted by Crippen LogP contribution is -2.20. The number of ether oxygens (including phenoxy) is 1. The molecule has 0 aliphatic rings. The maximum absolute atomic E-state index is 13.8. The van der Waals surface area contributed by atoms with E-state index in [0.29, 0.717) is 10.7 Å². The molecule has 0 radical (unpaired) electrons. The molecule has 1 aromatic heterocycles. The zero-order valence-corrected chi connectivity index (χ0v) is 18.6. The minimum atomic E-state index is -4.96. The van der Waals surface area contributed by atoms with Gasteiger partial charge in [-0.25, -0.2) is 0 Å². The van der Waals surface area contributed by atoms with E-state index in [1.54, 1.807) is 24.3 Å². The molecule has 0 unspecified atom stereocenters. The number of carbonyl (C=O) groups excluding carboxylic acids is 1. The maximum atomic E-state index is 13.8. The second-order valence-corrected chi connectivity index (χ2v) is 7.96. The Bertz CT molecular complexity index is 1430. The van der Waals surface area contributed by atoms with Crippen molar-refractivity contribution < 1.29 is 27.1 Å². The number of rotatable bonds is 5. The summed E-state index contributed by atoms with van der Waals surface area (Å²) in [7, 11) is 0. The van der Waals surface area contributed by atoms with E-state index in [1.165, 1.54) is 36.4 Å². The molecule has 0 aliphatic carbocycles. The van der Waals surface area contributed by atoms with Crippen LogP contribution in [0.1, 0.15) is 5.76 Å². The molecule has 4 rings (SSSR count). The van der Waals surface area contributed by atoms with Crippen molar-refractivity contribution in [3.63, 3.8) is 0 Å². The number of benzene rings is 3. The standard InChI is InChI=1S/C24H14Cl2F3NO4/c25-13-5-7-14(8-6-13)30-20(31)12-33-15-9-10-17-19(11-15)34-23(24(27,28)29)21(22(17)32)16-3-1-2-4-18(16)26/h1-11H,12H2,(H,30,31). The number of nitrogens with one attached hydrogen (secondary N) is 1. The molecule has 174 valence electrons. The molecule has 4 aromatic rings. The first kappa shape index (κ1) is 23.7. The topological polar surface area (TPSA) is 68.5 Å². The van der Waals surface area contributed by atoms with Crippen LogP contribution in [0.5, 0.6) is 5.75 Å². The van der Waals surface area contributed by atoms with E-state index in [4.69, 9.17) is 32.4 Å². The number of fused-ring (bicyclic) bond motifs is 1. The molecule has 1 N–H and O–H groups in total. The molecule has 34 heavy (non-hydrogen) atoms. The zero-order valence-electron chi connectivity index (χ0n) is 17.1. The molecule has 0 atom stereocenters. The van der Waals surface area contributed by atoms with E-state index in [9.17, 15) is 22.8 Å². The molecule has 3 aromatic carbocycles. The van der Waals surface area contributed by atoms with Gasteiger partial charge in [0.25, 0.3) is 5.91 Å². The Hall–Kier alpha value is -3.49. The van der Waals surface area contributed by atoms with Crippen LogP contribution in [0.3, 0.4) is 0 Å². The summed E-state index contributed by atoms with van der Waals surface area (Å²) in [5.74, 6) is -1.94. The van der Waals surface area contributed by atoms with Crippen molar-refractivity contribution in [1.82, 2.24) is 0 Å². The lowest BCUT2D eigenvalue weighted by Gasteiger charge is -2.14. The highest BCUT2D eigenvalue weighted by atomic mass is 35.5. The van der Waals surface area contributed by atoms with E-state index >= 15 is 0 Å². The molecule has 0 saturated heterocycles. The fourth-order valence-electron chi connectivity index (χ4n) is 3.25. The maximum Gasteiger partial charge on any atom is 0.450 e. The van der Waals surface area contributed by atoms with Gasteiger partial charge in [0.15, 0.2) is 6.61 Å². The van der Waals surface area contributed by atoms with Crippen LogP contribution in [0.15, 0.2) is 75.9 Å². The van der Waals surface area contributed by atoms with Gasteiger partial charge in [0.2, 0.25) is 11.2 Å². The van der Waals surface area contributed by atoms with Crippen LogP contribution < -0.4 is 15.5 Å². The van der Waals surface area contributed by atoms with E-state index in [1.807, 2.05) is 0 Å². The van der Waals surface area contributed by atoms with Crippen molar-refractivity contribution >= 4 is 45.8 Å². The fraction of sp³-hybridized carbons (Fsp3) is 0.0833. The number of anilines is 1. The van der Waals surface area contributed by atoms with Crippen molar-refractivity contribution in [2.75, 3.05) is 11.9 Å². The van der Waals surface area contributed by atoms with Gasteiger partial charge in [-0.15, -0.1) is 0 Å². The average Bonchev–Trinajstić information content (AvgIpc) is 2.79. The minimum Gasteiger partial charge on any atom is -0.484 e. The molecule has 0 fully saturated rings. The fourth-order valence-corrected chi connectivity index (χ4v) is 3.61. The van der Waals surface area contributed by atoms with Gasteiger partial charge in [0.05, 0.1) is 10.9 Å². The monoisotopic (exact) mass is 507 g/mol. The molecule has 0 bridgehead atoms. The quantitative estimate of drug-likeness (QED) is 0.322. The van der Waals surface area contributed by atoms with Crippen LogP contribution in [0, 0.1) is 0 Å². The van der Waals surface area contributed by atoms with Gasteiger partial charge in [-0.05, 0) is 42.5 Å². The van der Waals surface area contributed by atoms with Gasteiger partial charge in [-0.3, -0.25) is 9.59 Å². The summed E-state index contributed by atoms with van der Waals surface area (Å²) < 4.78 is 51.9. The Labute approximate surface area is 200 Å². The van der Waals surface area contributed by atoms with Crippen LogP contribution in [0.4, 0.5) is 18.9 Å². The average molecular weight is 508 g/mol. The van der Waals surface area contributed by atoms with Crippen LogP contribution >= 0.6 is 23.2 Å². The second kappa shape index (κ2) is 9.40. The molecule has 1 amide bonds. The Morgan fingerprint density at radius 3 is 2.38 bits per heavy atom. The van der Waals surface area contributed by atoms with Gasteiger partial charge in [0.1, 0.15) is 11.3 Å². The number of amides is 1. The van der Waals surface area contributed by atoms with Crippen molar-refractivity contribution in [3.05, 3.63) is 92.8 Å².